The van der Waals surface area contributed by atoms with E-state index in [1.54, 1.807) is 0 Å². The fourth-order valence-corrected chi connectivity index (χ4v) is 0.916. The number of methoxy groups -OCH3 is 1. The number of carboxylic acids is 2. The molecular weight excluding hydrogens is 206 g/mol. The molecule has 15 heavy (non-hydrogen) atoms. The number of carbonyl (C=O) groups is 3. The standard InChI is InChI=1S/C8H13NO6/c1-15-8(14)9-5(7(12)13)3-2-4-6(10)11/h5H,2-4H2,1H3,(H,9,14)(H,10,11)(H,12,13). The Kier molecular flexibility index (Phi) is 5.84. The average molecular weight is 219 g/mol. The van der Waals surface area contributed by atoms with E-state index in [1.165, 1.54) is 0 Å². The molecule has 0 aliphatic carbocycles. The van der Waals surface area contributed by atoms with Crippen molar-refractivity contribution in [3.63, 3.8) is 0 Å². The Hall–Kier alpha value is -1.79. The Morgan fingerprint density at radius 3 is 2.33 bits per heavy atom. The third-order valence-electron chi connectivity index (χ3n) is 1.66. The third kappa shape index (κ3) is 6.30. The van der Waals surface area contributed by atoms with Crippen molar-refractivity contribution >= 4 is 18.0 Å². The smallest absolute Gasteiger partial charge is 0.407 e. The van der Waals surface area contributed by atoms with Crippen LogP contribution < -0.4 is 5.32 Å². The molecule has 0 rings (SSSR count). The fraction of sp³-hybridized carbons (Fsp3) is 0.625. The van der Waals surface area contributed by atoms with Gasteiger partial charge in [0.1, 0.15) is 6.04 Å². The van der Waals surface area contributed by atoms with Gasteiger partial charge in [-0.2, -0.15) is 0 Å². The maximum atomic E-state index is 10.7. The highest BCUT2D eigenvalue weighted by atomic mass is 16.5. The van der Waals surface area contributed by atoms with Crippen molar-refractivity contribution in [1.29, 1.82) is 0 Å². The van der Waals surface area contributed by atoms with Crippen molar-refractivity contribution in [1.82, 2.24) is 5.32 Å². The number of alkyl carbamates (subject to hydrolysis) is 1. The van der Waals surface area contributed by atoms with Gasteiger partial charge in [-0.15, -0.1) is 0 Å². The quantitative estimate of drug-likeness (QED) is 0.581. The highest BCUT2D eigenvalue weighted by molar-refractivity contribution is 5.79. The van der Waals surface area contributed by atoms with Gasteiger partial charge in [-0.25, -0.2) is 9.59 Å². The summed E-state index contributed by atoms with van der Waals surface area (Å²) in [4.78, 5) is 31.5. The largest absolute Gasteiger partial charge is 0.481 e. The molecule has 0 aromatic rings. The first-order valence-electron chi connectivity index (χ1n) is 4.26. The highest BCUT2D eigenvalue weighted by Gasteiger charge is 2.19. The van der Waals surface area contributed by atoms with Gasteiger partial charge in [0.05, 0.1) is 7.11 Å². The topological polar surface area (TPSA) is 113 Å². The second kappa shape index (κ2) is 6.63. The first-order valence-corrected chi connectivity index (χ1v) is 4.26. The predicted molar refractivity (Wildman–Crippen MR) is 48.5 cm³/mol. The molecule has 0 spiro atoms. The molecule has 0 saturated heterocycles. The monoisotopic (exact) mass is 219 g/mol. The summed E-state index contributed by atoms with van der Waals surface area (Å²) in [5.74, 6) is -2.22. The van der Waals surface area contributed by atoms with E-state index in [2.05, 4.69) is 10.1 Å². The van der Waals surface area contributed by atoms with E-state index in [0.717, 1.165) is 7.11 Å². The normalized spacial score (nSPS) is 11.5. The number of rotatable bonds is 6. The molecule has 0 radical (unpaired) electrons. The van der Waals surface area contributed by atoms with Crippen LogP contribution in [0.25, 0.3) is 0 Å². The molecule has 0 aliphatic heterocycles. The molecule has 0 fully saturated rings. The number of aliphatic carboxylic acids is 2. The Morgan fingerprint density at radius 1 is 1.33 bits per heavy atom. The lowest BCUT2D eigenvalue weighted by atomic mass is 10.1. The number of carbonyl (C=O) groups excluding carboxylic acids is 1. The summed E-state index contributed by atoms with van der Waals surface area (Å²) in [6.07, 6.45) is -0.752. The van der Waals surface area contributed by atoms with Crippen molar-refractivity contribution in [3.8, 4) is 0 Å². The average Bonchev–Trinajstić information content (AvgIpc) is 2.15. The summed E-state index contributed by atoms with van der Waals surface area (Å²) in [5.41, 5.74) is 0. The van der Waals surface area contributed by atoms with Crippen LogP contribution in [0.4, 0.5) is 4.79 Å². The Labute approximate surface area is 86.0 Å². The van der Waals surface area contributed by atoms with E-state index in [1.807, 2.05) is 0 Å². The van der Waals surface area contributed by atoms with Crippen LogP contribution >= 0.6 is 0 Å². The van der Waals surface area contributed by atoms with Gasteiger partial charge in [0.2, 0.25) is 0 Å². The first-order chi connectivity index (χ1) is 6.97. The Morgan fingerprint density at radius 2 is 1.93 bits per heavy atom. The molecule has 0 aromatic heterocycles. The van der Waals surface area contributed by atoms with Crippen LogP contribution in [0.2, 0.25) is 0 Å². The SMILES string of the molecule is COC(=O)NC(CCCC(=O)O)C(=O)O. The number of nitrogens with one attached hydrogen (secondary N) is 1. The van der Waals surface area contributed by atoms with Crippen LogP contribution in [0, 0.1) is 0 Å². The molecule has 0 heterocycles. The molecule has 7 heteroatoms. The summed E-state index contributed by atoms with van der Waals surface area (Å²) in [7, 11) is 1.12. The van der Waals surface area contributed by atoms with Crippen LogP contribution in [0.1, 0.15) is 19.3 Å². The minimum atomic E-state index is -1.22. The van der Waals surface area contributed by atoms with E-state index < -0.39 is 24.1 Å². The van der Waals surface area contributed by atoms with Gasteiger partial charge in [0.25, 0.3) is 0 Å². The van der Waals surface area contributed by atoms with Gasteiger partial charge in [0, 0.05) is 6.42 Å². The van der Waals surface area contributed by atoms with Crippen LogP contribution in [-0.4, -0.2) is 41.4 Å². The number of amides is 1. The highest BCUT2D eigenvalue weighted by Crippen LogP contribution is 2.01. The molecule has 86 valence electrons. The summed E-state index contributed by atoms with van der Waals surface area (Å²) >= 11 is 0. The van der Waals surface area contributed by atoms with Gasteiger partial charge in [-0.1, -0.05) is 0 Å². The lowest BCUT2D eigenvalue weighted by Gasteiger charge is -2.12. The molecule has 1 amide bonds. The molecule has 1 atom stereocenters. The van der Waals surface area contributed by atoms with Crippen molar-refractivity contribution in [2.75, 3.05) is 7.11 Å². The van der Waals surface area contributed by atoms with Crippen molar-refractivity contribution in [2.24, 2.45) is 0 Å². The predicted octanol–water partition coefficient (Wildman–Crippen LogP) is 0.0505. The molecule has 0 aromatic carbocycles. The lowest BCUT2D eigenvalue weighted by molar-refractivity contribution is -0.140. The van der Waals surface area contributed by atoms with E-state index in [9.17, 15) is 14.4 Å². The van der Waals surface area contributed by atoms with Crippen molar-refractivity contribution in [3.05, 3.63) is 0 Å². The second-order valence-corrected chi connectivity index (χ2v) is 2.81. The van der Waals surface area contributed by atoms with E-state index >= 15 is 0 Å². The van der Waals surface area contributed by atoms with E-state index in [0.29, 0.717) is 0 Å². The van der Waals surface area contributed by atoms with Gasteiger partial charge in [0.15, 0.2) is 0 Å². The molecule has 0 saturated carbocycles. The van der Waals surface area contributed by atoms with Crippen LogP contribution in [0.15, 0.2) is 0 Å². The Balaban J connectivity index is 4.00. The zero-order valence-electron chi connectivity index (χ0n) is 8.23. The third-order valence-corrected chi connectivity index (χ3v) is 1.66. The number of ether oxygens (including phenoxy) is 1. The molecular formula is C8H13NO6. The second-order valence-electron chi connectivity index (χ2n) is 2.81. The van der Waals surface area contributed by atoms with Gasteiger partial charge in [-0.05, 0) is 12.8 Å². The summed E-state index contributed by atoms with van der Waals surface area (Å²) in [5, 5.41) is 19.1. The molecule has 0 bridgehead atoms. The maximum Gasteiger partial charge on any atom is 0.407 e. The molecule has 0 aliphatic rings. The van der Waals surface area contributed by atoms with Gasteiger partial charge >= 0.3 is 18.0 Å². The number of carboxylic acid groups (broad SMARTS) is 2. The van der Waals surface area contributed by atoms with E-state index in [4.69, 9.17) is 10.2 Å². The maximum absolute atomic E-state index is 10.7. The van der Waals surface area contributed by atoms with E-state index in [-0.39, 0.29) is 19.3 Å². The molecule has 3 N–H and O–H groups in total. The number of hydrogen-bond donors (Lipinski definition) is 3. The minimum Gasteiger partial charge on any atom is -0.481 e. The van der Waals surface area contributed by atoms with Crippen LogP contribution in [0.5, 0.6) is 0 Å². The Bertz CT molecular complexity index is 252. The zero-order chi connectivity index (χ0) is 11.8. The molecule has 7 nitrogen and oxygen atoms in total. The first kappa shape index (κ1) is 13.2. The fourth-order valence-electron chi connectivity index (χ4n) is 0.916. The summed E-state index contributed by atoms with van der Waals surface area (Å²) in [6, 6.07) is -1.11. The van der Waals surface area contributed by atoms with Gasteiger partial charge < -0.3 is 20.3 Å². The summed E-state index contributed by atoms with van der Waals surface area (Å²) in [6.45, 7) is 0. The summed E-state index contributed by atoms with van der Waals surface area (Å²) < 4.78 is 4.23. The lowest BCUT2D eigenvalue weighted by Crippen LogP contribution is -2.40. The van der Waals surface area contributed by atoms with Crippen molar-refractivity contribution < 1.29 is 29.3 Å². The van der Waals surface area contributed by atoms with Crippen LogP contribution in [0.3, 0.4) is 0 Å². The molecule has 1 unspecified atom stereocenters. The van der Waals surface area contributed by atoms with Crippen molar-refractivity contribution in [2.45, 2.75) is 25.3 Å². The van der Waals surface area contributed by atoms with Gasteiger partial charge in [-0.3, -0.25) is 4.79 Å². The van der Waals surface area contributed by atoms with Crippen LogP contribution in [-0.2, 0) is 14.3 Å². The number of hydrogen-bond acceptors (Lipinski definition) is 4. The minimum absolute atomic E-state index is 0.0523. The zero-order valence-corrected chi connectivity index (χ0v) is 8.23.